The monoisotopic (exact) mass is 257 g/mol. The molecule has 0 saturated heterocycles. The lowest BCUT2D eigenvalue weighted by Crippen LogP contribution is -2.18. The number of nitrogens with one attached hydrogen (secondary N) is 1. The summed E-state index contributed by atoms with van der Waals surface area (Å²) >= 11 is 0. The average molecular weight is 257 g/mol. The molecule has 1 aromatic heterocycles. The van der Waals surface area contributed by atoms with Crippen molar-refractivity contribution in [3.05, 3.63) is 41.9 Å². The number of nitrogens with two attached hydrogens (primary N) is 1. The summed E-state index contributed by atoms with van der Waals surface area (Å²) in [6.07, 6.45) is 4.18. The van der Waals surface area contributed by atoms with E-state index in [1.807, 2.05) is 6.20 Å². The molecule has 2 rings (SSSR count). The third-order valence-electron chi connectivity index (χ3n) is 3.43. The topological polar surface area (TPSA) is 54.7 Å². The van der Waals surface area contributed by atoms with Gasteiger partial charge >= 0.3 is 0 Å². The Hall–Kier alpha value is -1.61. The molecule has 0 saturated carbocycles. The van der Waals surface area contributed by atoms with E-state index < -0.39 is 0 Å². The molecule has 0 radical (unpaired) electrons. The van der Waals surface area contributed by atoms with Gasteiger partial charge in [0, 0.05) is 0 Å². The molecule has 0 aliphatic heterocycles. The van der Waals surface area contributed by atoms with Crippen LogP contribution in [0.25, 0.3) is 11.3 Å². The van der Waals surface area contributed by atoms with Gasteiger partial charge in [0.1, 0.15) is 5.82 Å². The van der Waals surface area contributed by atoms with Crippen LogP contribution in [0.2, 0.25) is 0 Å². The molecular formula is C16H23N3. The molecule has 1 heterocycles. The van der Waals surface area contributed by atoms with Gasteiger partial charge in [0.15, 0.2) is 0 Å². The van der Waals surface area contributed by atoms with E-state index in [0.717, 1.165) is 23.5 Å². The van der Waals surface area contributed by atoms with E-state index in [0.29, 0.717) is 5.92 Å². The van der Waals surface area contributed by atoms with Gasteiger partial charge in [-0.3, -0.25) is 0 Å². The van der Waals surface area contributed by atoms with Gasteiger partial charge in [-0.05, 0) is 23.5 Å². The molecular weight excluding hydrogens is 234 g/mol. The summed E-state index contributed by atoms with van der Waals surface area (Å²) in [6.45, 7) is 6.40. The third-order valence-corrected chi connectivity index (χ3v) is 3.43. The number of aromatic amines is 1. The second kappa shape index (κ2) is 6.02. The van der Waals surface area contributed by atoms with E-state index in [1.54, 1.807) is 0 Å². The highest BCUT2D eigenvalue weighted by molar-refractivity contribution is 5.58. The van der Waals surface area contributed by atoms with Gasteiger partial charge < -0.3 is 10.7 Å². The van der Waals surface area contributed by atoms with Crippen LogP contribution < -0.4 is 5.73 Å². The van der Waals surface area contributed by atoms with Crippen LogP contribution in [0.15, 0.2) is 30.5 Å². The molecule has 19 heavy (non-hydrogen) atoms. The van der Waals surface area contributed by atoms with E-state index in [2.05, 4.69) is 55.0 Å². The van der Waals surface area contributed by atoms with Crippen molar-refractivity contribution < 1.29 is 0 Å². The fourth-order valence-corrected chi connectivity index (χ4v) is 2.11. The number of imidazole rings is 1. The van der Waals surface area contributed by atoms with Crippen LogP contribution in [0.1, 0.15) is 44.6 Å². The van der Waals surface area contributed by atoms with Crippen molar-refractivity contribution >= 4 is 0 Å². The second-order valence-corrected chi connectivity index (χ2v) is 5.40. The zero-order chi connectivity index (χ0) is 13.8. The fourth-order valence-electron chi connectivity index (χ4n) is 2.11. The van der Waals surface area contributed by atoms with Crippen LogP contribution in [-0.2, 0) is 6.42 Å². The second-order valence-electron chi connectivity index (χ2n) is 5.40. The maximum Gasteiger partial charge on any atom is 0.123 e. The molecule has 1 atom stereocenters. The minimum atomic E-state index is -0.0342. The van der Waals surface area contributed by atoms with Gasteiger partial charge in [0.2, 0.25) is 0 Å². The molecule has 1 aromatic carbocycles. The maximum atomic E-state index is 6.10. The van der Waals surface area contributed by atoms with Crippen molar-refractivity contribution in [2.24, 2.45) is 11.7 Å². The Labute approximate surface area is 115 Å². The smallest absolute Gasteiger partial charge is 0.123 e. The molecule has 2 aromatic rings. The van der Waals surface area contributed by atoms with Gasteiger partial charge in [-0.15, -0.1) is 0 Å². The van der Waals surface area contributed by atoms with E-state index in [1.165, 1.54) is 12.0 Å². The van der Waals surface area contributed by atoms with Crippen LogP contribution in [0.3, 0.4) is 0 Å². The number of rotatable bonds is 5. The molecule has 3 heteroatoms. The molecule has 102 valence electrons. The van der Waals surface area contributed by atoms with E-state index >= 15 is 0 Å². The predicted octanol–water partition coefficient (Wildman–Crippen LogP) is 3.69. The maximum absolute atomic E-state index is 6.10. The van der Waals surface area contributed by atoms with Crippen molar-refractivity contribution in [2.75, 3.05) is 0 Å². The van der Waals surface area contributed by atoms with Crippen LogP contribution in [-0.4, -0.2) is 9.97 Å². The van der Waals surface area contributed by atoms with E-state index in [4.69, 9.17) is 5.73 Å². The molecule has 1 unspecified atom stereocenters. The minimum Gasteiger partial charge on any atom is -0.341 e. The standard InChI is InChI=1S/C16H23N3/c1-4-5-12-6-8-13(9-7-12)14-10-18-16(19-14)15(17)11(2)3/h6-11,15H,4-5,17H2,1-3H3,(H,18,19). The quantitative estimate of drug-likeness (QED) is 0.858. The lowest BCUT2D eigenvalue weighted by atomic mass is 10.1. The highest BCUT2D eigenvalue weighted by Crippen LogP contribution is 2.22. The Morgan fingerprint density at radius 1 is 1.21 bits per heavy atom. The highest BCUT2D eigenvalue weighted by Gasteiger charge is 2.14. The van der Waals surface area contributed by atoms with Crippen molar-refractivity contribution in [3.8, 4) is 11.3 Å². The third kappa shape index (κ3) is 3.24. The molecule has 0 fully saturated rings. The van der Waals surface area contributed by atoms with Crippen LogP contribution in [0, 0.1) is 5.92 Å². The summed E-state index contributed by atoms with van der Waals surface area (Å²) in [5, 5.41) is 0. The van der Waals surface area contributed by atoms with Crippen molar-refractivity contribution in [1.82, 2.24) is 9.97 Å². The van der Waals surface area contributed by atoms with Crippen LogP contribution in [0.5, 0.6) is 0 Å². The first-order valence-electron chi connectivity index (χ1n) is 7.01. The lowest BCUT2D eigenvalue weighted by molar-refractivity contribution is 0.494. The molecule has 3 N–H and O–H groups in total. The van der Waals surface area contributed by atoms with E-state index in [-0.39, 0.29) is 6.04 Å². The first-order chi connectivity index (χ1) is 9.11. The Morgan fingerprint density at radius 3 is 2.47 bits per heavy atom. The summed E-state index contributed by atoms with van der Waals surface area (Å²) in [5.74, 6) is 1.24. The summed E-state index contributed by atoms with van der Waals surface area (Å²) in [4.78, 5) is 7.72. The first kappa shape index (κ1) is 13.8. The highest BCUT2D eigenvalue weighted by atomic mass is 15.0. The number of H-pyrrole nitrogens is 1. The van der Waals surface area contributed by atoms with Gasteiger partial charge in [-0.25, -0.2) is 4.98 Å². The number of nitrogens with zero attached hydrogens (tertiary/aromatic N) is 1. The van der Waals surface area contributed by atoms with Crippen molar-refractivity contribution in [2.45, 2.75) is 39.7 Å². The van der Waals surface area contributed by atoms with E-state index in [9.17, 15) is 0 Å². The van der Waals surface area contributed by atoms with Crippen LogP contribution >= 0.6 is 0 Å². The Morgan fingerprint density at radius 2 is 1.89 bits per heavy atom. The largest absolute Gasteiger partial charge is 0.341 e. The number of benzene rings is 1. The van der Waals surface area contributed by atoms with Gasteiger partial charge in [-0.1, -0.05) is 51.5 Å². The van der Waals surface area contributed by atoms with Crippen LogP contribution in [0.4, 0.5) is 0 Å². The average Bonchev–Trinajstić information content (AvgIpc) is 2.88. The Balaban J connectivity index is 2.18. The van der Waals surface area contributed by atoms with Gasteiger partial charge in [-0.2, -0.15) is 0 Å². The molecule has 0 aliphatic carbocycles. The number of hydrogen-bond acceptors (Lipinski definition) is 2. The Kier molecular flexibility index (Phi) is 4.38. The fraction of sp³-hybridized carbons (Fsp3) is 0.438. The first-order valence-corrected chi connectivity index (χ1v) is 7.01. The summed E-state index contributed by atoms with van der Waals surface area (Å²) < 4.78 is 0. The molecule has 3 nitrogen and oxygen atoms in total. The normalized spacial score (nSPS) is 12.9. The molecule has 0 aliphatic rings. The van der Waals surface area contributed by atoms with Crippen molar-refractivity contribution in [1.29, 1.82) is 0 Å². The SMILES string of the molecule is CCCc1ccc(-c2cnc(C(N)C(C)C)[nH]2)cc1. The lowest BCUT2D eigenvalue weighted by Gasteiger charge is -2.12. The zero-order valence-electron chi connectivity index (χ0n) is 12.0. The summed E-state index contributed by atoms with van der Waals surface area (Å²) in [5.41, 5.74) is 9.68. The zero-order valence-corrected chi connectivity index (χ0v) is 12.0. The minimum absolute atomic E-state index is 0.0342. The molecule has 0 spiro atoms. The number of aryl methyl sites for hydroxylation is 1. The number of aromatic nitrogens is 2. The van der Waals surface area contributed by atoms with Gasteiger partial charge in [0.05, 0.1) is 17.9 Å². The molecule has 0 amide bonds. The van der Waals surface area contributed by atoms with Crippen molar-refractivity contribution in [3.63, 3.8) is 0 Å². The molecule has 0 bridgehead atoms. The predicted molar refractivity (Wildman–Crippen MR) is 79.8 cm³/mol. The summed E-state index contributed by atoms with van der Waals surface area (Å²) in [6, 6.07) is 8.61. The van der Waals surface area contributed by atoms with Gasteiger partial charge in [0.25, 0.3) is 0 Å². The Bertz CT molecular complexity index is 511. The number of hydrogen-bond donors (Lipinski definition) is 2. The summed E-state index contributed by atoms with van der Waals surface area (Å²) in [7, 11) is 0.